The molecule has 24 heavy (non-hydrogen) atoms. The number of amides is 2. The van der Waals surface area contributed by atoms with Gasteiger partial charge >= 0.3 is 0 Å². The van der Waals surface area contributed by atoms with Gasteiger partial charge in [0.25, 0.3) is 0 Å². The van der Waals surface area contributed by atoms with E-state index in [1.54, 1.807) is 12.1 Å². The summed E-state index contributed by atoms with van der Waals surface area (Å²) in [5.41, 5.74) is 0.772. The molecule has 1 aromatic rings. The highest BCUT2D eigenvalue weighted by Crippen LogP contribution is 2.33. The lowest BCUT2D eigenvalue weighted by atomic mass is 10.1. The fourth-order valence-corrected chi connectivity index (χ4v) is 2.44. The van der Waals surface area contributed by atoms with E-state index in [1.807, 2.05) is 19.9 Å². The quantitative estimate of drug-likeness (QED) is 0.681. The molecular weight excluding hydrogens is 308 g/mol. The molecule has 0 radical (unpaired) electrons. The molecule has 2 rings (SSSR count). The number of benzene rings is 1. The average molecular weight is 334 g/mol. The van der Waals surface area contributed by atoms with Crippen molar-refractivity contribution in [2.45, 2.75) is 58.5 Å². The lowest BCUT2D eigenvalue weighted by Gasteiger charge is -2.21. The van der Waals surface area contributed by atoms with E-state index in [1.165, 1.54) is 0 Å². The molecule has 6 nitrogen and oxygen atoms in total. The van der Waals surface area contributed by atoms with E-state index in [0.29, 0.717) is 24.3 Å². The molecule has 1 aliphatic rings. The maximum atomic E-state index is 12.1. The van der Waals surface area contributed by atoms with E-state index in [-0.39, 0.29) is 18.6 Å². The van der Waals surface area contributed by atoms with Crippen LogP contribution in [0.1, 0.15) is 64.1 Å². The van der Waals surface area contributed by atoms with Crippen molar-refractivity contribution >= 4 is 11.8 Å². The van der Waals surface area contributed by atoms with Crippen LogP contribution in [0.3, 0.4) is 0 Å². The van der Waals surface area contributed by atoms with Gasteiger partial charge < -0.3 is 20.1 Å². The number of ether oxygens (including phenoxy) is 2. The van der Waals surface area contributed by atoms with E-state index in [0.717, 1.165) is 31.2 Å². The van der Waals surface area contributed by atoms with Crippen molar-refractivity contribution < 1.29 is 19.1 Å². The highest BCUT2D eigenvalue weighted by atomic mass is 16.7. The topological polar surface area (TPSA) is 76.7 Å². The molecule has 0 spiro atoms. The van der Waals surface area contributed by atoms with Crippen LogP contribution in [0.5, 0.6) is 11.5 Å². The lowest BCUT2D eigenvalue weighted by Crippen LogP contribution is -2.41. The molecule has 0 bridgehead atoms. The second-order valence-corrected chi connectivity index (χ2v) is 5.89. The molecule has 2 amide bonds. The van der Waals surface area contributed by atoms with Gasteiger partial charge in [0.1, 0.15) is 6.17 Å². The number of hydrogen-bond donors (Lipinski definition) is 2. The van der Waals surface area contributed by atoms with Crippen LogP contribution < -0.4 is 20.1 Å². The summed E-state index contributed by atoms with van der Waals surface area (Å²) in [7, 11) is 0. The average Bonchev–Trinajstić information content (AvgIpc) is 3.05. The first-order chi connectivity index (χ1) is 11.6. The summed E-state index contributed by atoms with van der Waals surface area (Å²) in [6.07, 6.45) is 3.88. The maximum Gasteiger partial charge on any atom is 0.231 e. The molecule has 0 aromatic heterocycles. The van der Waals surface area contributed by atoms with Crippen molar-refractivity contribution in [3.63, 3.8) is 0 Å². The minimum atomic E-state index is -0.562. The third kappa shape index (κ3) is 5.15. The Morgan fingerprint density at radius 2 is 1.58 bits per heavy atom. The predicted octanol–water partition coefficient (Wildman–Crippen LogP) is 3.03. The van der Waals surface area contributed by atoms with Gasteiger partial charge in [-0.25, -0.2) is 0 Å². The van der Waals surface area contributed by atoms with Gasteiger partial charge in [0, 0.05) is 12.8 Å². The standard InChI is InChI=1S/C18H26N2O4/c1-3-5-7-16(21)19-18(20-17(22)8-6-4-2)13-9-10-14-15(11-13)24-12-23-14/h9-11,18H,3-8,12H2,1-2H3,(H,19,21)(H,20,22). The van der Waals surface area contributed by atoms with Crippen molar-refractivity contribution in [2.75, 3.05) is 6.79 Å². The highest BCUT2D eigenvalue weighted by Gasteiger charge is 2.20. The van der Waals surface area contributed by atoms with Crippen molar-refractivity contribution in [1.82, 2.24) is 10.6 Å². The minimum Gasteiger partial charge on any atom is -0.454 e. The highest BCUT2D eigenvalue weighted by molar-refractivity contribution is 5.79. The molecule has 1 aliphatic heterocycles. The Labute approximate surface area is 142 Å². The fraction of sp³-hybridized carbons (Fsp3) is 0.556. The first kappa shape index (κ1) is 18.1. The zero-order valence-corrected chi connectivity index (χ0v) is 14.4. The maximum absolute atomic E-state index is 12.1. The Morgan fingerprint density at radius 3 is 2.17 bits per heavy atom. The number of unbranched alkanes of at least 4 members (excludes halogenated alkanes) is 2. The molecule has 1 heterocycles. The van der Waals surface area contributed by atoms with E-state index in [9.17, 15) is 9.59 Å². The normalized spacial score (nSPS) is 12.3. The summed E-state index contributed by atoms with van der Waals surface area (Å²) in [6.45, 7) is 4.26. The van der Waals surface area contributed by atoms with E-state index in [4.69, 9.17) is 9.47 Å². The zero-order chi connectivity index (χ0) is 17.4. The summed E-state index contributed by atoms with van der Waals surface area (Å²) in [6, 6.07) is 5.42. The van der Waals surface area contributed by atoms with Crippen LogP contribution >= 0.6 is 0 Å². The van der Waals surface area contributed by atoms with Gasteiger partial charge in [0.15, 0.2) is 11.5 Å². The third-order valence-corrected chi connectivity index (χ3v) is 3.86. The number of fused-ring (bicyclic) bond motifs is 1. The molecule has 2 N–H and O–H groups in total. The Bertz CT molecular complexity index is 552. The molecular formula is C18H26N2O4. The van der Waals surface area contributed by atoms with Crippen LogP contribution in [-0.2, 0) is 9.59 Å². The summed E-state index contributed by atoms with van der Waals surface area (Å²) in [5, 5.41) is 5.80. The van der Waals surface area contributed by atoms with Gasteiger partial charge in [0.2, 0.25) is 18.6 Å². The smallest absolute Gasteiger partial charge is 0.231 e. The lowest BCUT2D eigenvalue weighted by molar-refractivity contribution is -0.124. The molecule has 0 unspecified atom stereocenters. The predicted molar refractivity (Wildman–Crippen MR) is 90.6 cm³/mol. The molecule has 0 atom stereocenters. The second-order valence-electron chi connectivity index (χ2n) is 5.89. The summed E-state index contributed by atoms with van der Waals surface area (Å²) >= 11 is 0. The molecule has 0 saturated heterocycles. The SMILES string of the molecule is CCCCC(=O)NC(NC(=O)CCCC)c1ccc2c(c1)OCO2. The monoisotopic (exact) mass is 334 g/mol. The molecule has 0 fully saturated rings. The van der Waals surface area contributed by atoms with Gasteiger partial charge in [-0.2, -0.15) is 0 Å². The number of carbonyl (C=O) groups is 2. The van der Waals surface area contributed by atoms with Crippen LogP contribution in [0.15, 0.2) is 18.2 Å². The van der Waals surface area contributed by atoms with Crippen molar-refractivity contribution in [3.05, 3.63) is 23.8 Å². The summed E-state index contributed by atoms with van der Waals surface area (Å²) in [5.74, 6) is 1.15. The molecule has 0 aliphatic carbocycles. The van der Waals surface area contributed by atoms with Gasteiger partial charge in [0.05, 0.1) is 0 Å². The number of hydrogen-bond acceptors (Lipinski definition) is 4. The Morgan fingerprint density at radius 1 is 1.00 bits per heavy atom. The van der Waals surface area contributed by atoms with Crippen LogP contribution in [-0.4, -0.2) is 18.6 Å². The molecule has 6 heteroatoms. The van der Waals surface area contributed by atoms with Gasteiger partial charge in [-0.05, 0) is 30.5 Å². The fourth-order valence-electron chi connectivity index (χ4n) is 2.44. The minimum absolute atomic E-state index is 0.0738. The first-order valence-corrected chi connectivity index (χ1v) is 8.62. The molecule has 1 aromatic carbocycles. The first-order valence-electron chi connectivity index (χ1n) is 8.62. The third-order valence-electron chi connectivity index (χ3n) is 3.86. The Hall–Kier alpha value is -2.24. The number of carbonyl (C=O) groups excluding carboxylic acids is 2. The van der Waals surface area contributed by atoms with Crippen molar-refractivity contribution in [1.29, 1.82) is 0 Å². The van der Waals surface area contributed by atoms with Crippen LogP contribution in [0.4, 0.5) is 0 Å². The van der Waals surface area contributed by atoms with Crippen molar-refractivity contribution in [2.24, 2.45) is 0 Å². The molecule has 132 valence electrons. The molecule has 0 saturated carbocycles. The van der Waals surface area contributed by atoms with Gasteiger partial charge in [-0.3, -0.25) is 9.59 Å². The van der Waals surface area contributed by atoms with E-state index < -0.39 is 6.17 Å². The summed E-state index contributed by atoms with van der Waals surface area (Å²) < 4.78 is 10.7. The van der Waals surface area contributed by atoms with Crippen LogP contribution in [0.2, 0.25) is 0 Å². The zero-order valence-electron chi connectivity index (χ0n) is 14.4. The van der Waals surface area contributed by atoms with Crippen molar-refractivity contribution in [3.8, 4) is 11.5 Å². The number of rotatable bonds is 9. The summed E-state index contributed by atoms with van der Waals surface area (Å²) in [4.78, 5) is 24.2. The van der Waals surface area contributed by atoms with Crippen LogP contribution in [0.25, 0.3) is 0 Å². The Balaban J connectivity index is 2.09. The van der Waals surface area contributed by atoms with Crippen LogP contribution in [0, 0.1) is 0 Å². The largest absolute Gasteiger partial charge is 0.454 e. The second kappa shape index (κ2) is 9.15. The van der Waals surface area contributed by atoms with E-state index in [2.05, 4.69) is 10.6 Å². The van der Waals surface area contributed by atoms with E-state index >= 15 is 0 Å². The Kier molecular flexibility index (Phi) is 6.90. The number of nitrogens with one attached hydrogen (secondary N) is 2. The van der Waals surface area contributed by atoms with Gasteiger partial charge in [-0.15, -0.1) is 0 Å². The van der Waals surface area contributed by atoms with Gasteiger partial charge in [-0.1, -0.05) is 32.8 Å².